The molecule has 1 aliphatic rings. The van der Waals surface area contributed by atoms with Crippen LogP contribution in [-0.2, 0) is 16.1 Å². The third-order valence-corrected chi connectivity index (χ3v) is 5.91. The molecule has 1 aliphatic heterocycles. The molecule has 0 saturated carbocycles. The number of carboxylic acids is 1. The average molecular weight is 464 g/mol. The maximum Gasteiger partial charge on any atom is 0.341 e. The highest BCUT2D eigenvalue weighted by Gasteiger charge is 2.35. The lowest BCUT2D eigenvalue weighted by atomic mass is 10.0. The number of carbonyl (C=O) groups is 3. The van der Waals surface area contributed by atoms with Gasteiger partial charge in [0.25, 0.3) is 11.1 Å². The van der Waals surface area contributed by atoms with Crippen molar-refractivity contribution < 1.29 is 29.0 Å². The van der Waals surface area contributed by atoms with Gasteiger partial charge in [0.15, 0.2) is 18.1 Å². The molecule has 1 N–H and O–H groups in total. The zero-order valence-corrected chi connectivity index (χ0v) is 18.6. The predicted octanol–water partition coefficient (Wildman–Crippen LogP) is 4.94. The van der Waals surface area contributed by atoms with Crippen LogP contribution in [0.3, 0.4) is 0 Å². The summed E-state index contributed by atoms with van der Waals surface area (Å²) in [5.41, 5.74) is 1.53. The Labute approximate surface area is 194 Å². The maximum atomic E-state index is 13.0. The molecule has 0 aliphatic carbocycles. The number of aliphatic carboxylic acids is 1. The van der Waals surface area contributed by atoms with E-state index in [2.05, 4.69) is 0 Å². The summed E-state index contributed by atoms with van der Waals surface area (Å²) in [6, 6.07) is 18.6. The third kappa shape index (κ3) is 5.01. The number of hydrogen-bond donors (Lipinski definition) is 1. The fourth-order valence-corrected chi connectivity index (χ4v) is 4.37. The molecule has 0 spiro atoms. The predicted molar refractivity (Wildman–Crippen MR) is 126 cm³/mol. The quantitative estimate of drug-likeness (QED) is 0.473. The fourth-order valence-electron chi connectivity index (χ4n) is 3.53. The van der Waals surface area contributed by atoms with Gasteiger partial charge in [-0.3, -0.25) is 14.5 Å². The second kappa shape index (κ2) is 9.79. The van der Waals surface area contributed by atoms with E-state index < -0.39 is 12.6 Å². The molecule has 3 aromatic rings. The van der Waals surface area contributed by atoms with E-state index in [9.17, 15) is 14.4 Å². The molecule has 3 aromatic carbocycles. The summed E-state index contributed by atoms with van der Waals surface area (Å²) >= 11 is 0.888. The van der Waals surface area contributed by atoms with Crippen molar-refractivity contribution in [3.63, 3.8) is 0 Å². The van der Waals surface area contributed by atoms with Crippen molar-refractivity contribution in [2.24, 2.45) is 0 Å². The molecular weight excluding hydrogens is 442 g/mol. The highest BCUT2D eigenvalue weighted by atomic mass is 32.2. The van der Waals surface area contributed by atoms with E-state index in [1.807, 2.05) is 42.5 Å². The molecule has 0 radical (unpaired) electrons. The van der Waals surface area contributed by atoms with E-state index in [-0.39, 0.29) is 17.7 Å². The Bertz CT molecular complexity index is 1260. The van der Waals surface area contributed by atoms with Crippen molar-refractivity contribution in [3.05, 3.63) is 76.7 Å². The van der Waals surface area contributed by atoms with Gasteiger partial charge in [0, 0.05) is 0 Å². The number of ether oxygens (including phenoxy) is 2. The number of thioether (sulfide) groups is 1. The van der Waals surface area contributed by atoms with Crippen LogP contribution in [0.25, 0.3) is 16.8 Å². The largest absolute Gasteiger partial charge is 0.490 e. The van der Waals surface area contributed by atoms with Gasteiger partial charge in [-0.15, -0.1) is 0 Å². The Balaban J connectivity index is 1.57. The van der Waals surface area contributed by atoms with E-state index in [0.717, 1.165) is 28.1 Å². The third-order valence-electron chi connectivity index (χ3n) is 5.00. The Hall–Kier alpha value is -3.78. The van der Waals surface area contributed by atoms with Crippen molar-refractivity contribution >= 4 is 45.7 Å². The van der Waals surface area contributed by atoms with E-state index in [1.54, 1.807) is 31.2 Å². The van der Waals surface area contributed by atoms with Gasteiger partial charge < -0.3 is 14.6 Å². The number of carboxylic acid groups (broad SMARTS) is 1. The smallest absolute Gasteiger partial charge is 0.341 e. The van der Waals surface area contributed by atoms with Crippen LogP contribution in [0.2, 0.25) is 0 Å². The number of imide groups is 1. The summed E-state index contributed by atoms with van der Waals surface area (Å²) in [5.74, 6) is -0.800. The lowest BCUT2D eigenvalue weighted by molar-refractivity contribution is -0.139. The molecular formula is C25H21NO6S. The number of rotatable bonds is 8. The first-order chi connectivity index (χ1) is 16.0. The lowest BCUT2D eigenvalue weighted by Gasteiger charge is -2.14. The molecule has 168 valence electrons. The molecule has 0 aromatic heterocycles. The van der Waals surface area contributed by atoms with Crippen LogP contribution < -0.4 is 9.47 Å². The number of nitrogens with zero attached hydrogens (tertiary/aromatic N) is 1. The molecule has 4 rings (SSSR count). The van der Waals surface area contributed by atoms with E-state index >= 15 is 0 Å². The summed E-state index contributed by atoms with van der Waals surface area (Å²) in [6.45, 7) is 1.85. The Morgan fingerprint density at radius 3 is 2.61 bits per heavy atom. The minimum atomic E-state index is -1.10. The first-order valence-electron chi connectivity index (χ1n) is 10.3. The number of hydrogen-bond acceptors (Lipinski definition) is 6. The molecule has 7 nitrogen and oxygen atoms in total. The minimum absolute atomic E-state index is 0.190. The Morgan fingerprint density at radius 1 is 1.03 bits per heavy atom. The van der Waals surface area contributed by atoms with Crippen LogP contribution in [-0.4, -0.2) is 40.3 Å². The topological polar surface area (TPSA) is 93.1 Å². The van der Waals surface area contributed by atoms with Gasteiger partial charge in [-0.05, 0) is 58.8 Å². The zero-order chi connectivity index (χ0) is 23.4. The summed E-state index contributed by atoms with van der Waals surface area (Å²) in [6.07, 6.45) is 1.62. The van der Waals surface area contributed by atoms with Crippen LogP contribution in [0.1, 0.15) is 18.1 Å². The molecule has 1 heterocycles. The molecule has 0 bridgehead atoms. The van der Waals surface area contributed by atoms with Crippen LogP contribution in [0.5, 0.6) is 11.5 Å². The number of amides is 2. The fraction of sp³-hybridized carbons (Fsp3) is 0.160. The summed E-state index contributed by atoms with van der Waals surface area (Å²) in [4.78, 5) is 38.0. The second-order valence-electron chi connectivity index (χ2n) is 7.23. The van der Waals surface area contributed by atoms with Crippen molar-refractivity contribution in [1.82, 2.24) is 4.90 Å². The molecule has 1 saturated heterocycles. The monoisotopic (exact) mass is 463 g/mol. The van der Waals surface area contributed by atoms with E-state index in [4.69, 9.17) is 14.6 Å². The highest BCUT2D eigenvalue weighted by molar-refractivity contribution is 8.18. The van der Waals surface area contributed by atoms with E-state index in [0.29, 0.717) is 28.6 Å². The Kier molecular flexibility index (Phi) is 6.65. The van der Waals surface area contributed by atoms with Gasteiger partial charge >= 0.3 is 5.97 Å². The first kappa shape index (κ1) is 22.4. The van der Waals surface area contributed by atoms with Gasteiger partial charge in [0.05, 0.1) is 18.1 Å². The lowest BCUT2D eigenvalue weighted by Crippen LogP contribution is -2.27. The number of benzene rings is 3. The molecule has 1 fully saturated rings. The summed E-state index contributed by atoms with van der Waals surface area (Å²) in [5, 5.41) is 10.6. The Morgan fingerprint density at radius 2 is 1.82 bits per heavy atom. The number of carbonyl (C=O) groups excluding carboxylic acids is 2. The van der Waals surface area contributed by atoms with Gasteiger partial charge in [-0.2, -0.15) is 0 Å². The maximum absolute atomic E-state index is 13.0. The van der Waals surface area contributed by atoms with Crippen molar-refractivity contribution in [3.8, 4) is 11.5 Å². The van der Waals surface area contributed by atoms with Crippen molar-refractivity contribution in [1.29, 1.82) is 0 Å². The minimum Gasteiger partial charge on any atom is -0.490 e. The van der Waals surface area contributed by atoms with Gasteiger partial charge in [-0.25, -0.2) is 4.79 Å². The average Bonchev–Trinajstić information content (AvgIpc) is 3.06. The first-order valence-corrected chi connectivity index (χ1v) is 11.1. The normalized spacial score (nSPS) is 14.8. The van der Waals surface area contributed by atoms with Crippen molar-refractivity contribution in [2.75, 3.05) is 13.2 Å². The zero-order valence-electron chi connectivity index (χ0n) is 17.8. The number of fused-ring (bicyclic) bond motifs is 1. The second-order valence-corrected chi connectivity index (χ2v) is 8.22. The SMILES string of the molecule is CCOc1cc(C=C2SC(=O)N(Cc3cccc4ccccc34)C2=O)ccc1OCC(=O)O. The molecule has 0 unspecified atom stereocenters. The van der Waals surface area contributed by atoms with Gasteiger partial charge in [0.1, 0.15) is 0 Å². The molecule has 8 heteroatoms. The molecule has 33 heavy (non-hydrogen) atoms. The van der Waals surface area contributed by atoms with Crippen LogP contribution >= 0.6 is 11.8 Å². The summed E-state index contributed by atoms with van der Waals surface area (Å²) in [7, 11) is 0. The van der Waals surface area contributed by atoms with Crippen LogP contribution in [0, 0.1) is 0 Å². The highest BCUT2D eigenvalue weighted by Crippen LogP contribution is 2.36. The standard InChI is InChI=1S/C25H21NO6S/c1-2-31-21-12-16(10-11-20(21)32-15-23(27)28)13-22-24(29)26(25(30)33-22)14-18-8-5-7-17-6-3-4-9-19(17)18/h3-13H,2,14-15H2,1H3,(H,27,28). The van der Waals surface area contributed by atoms with Gasteiger partial charge in [-0.1, -0.05) is 48.5 Å². The van der Waals surface area contributed by atoms with Crippen molar-refractivity contribution in [2.45, 2.75) is 13.5 Å². The van der Waals surface area contributed by atoms with Crippen LogP contribution in [0.4, 0.5) is 4.79 Å². The van der Waals surface area contributed by atoms with Gasteiger partial charge in [0.2, 0.25) is 0 Å². The molecule has 0 atom stereocenters. The summed E-state index contributed by atoms with van der Waals surface area (Å²) < 4.78 is 10.8. The van der Waals surface area contributed by atoms with E-state index in [1.165, 1.54) is 4.90 Å². The van der Waals surface area contributed by atoms with Crippen LogP contribution in [0.15, 0.2) is 65.6 Å². The molecule has 2 amide bonds.